The molecular formula is C30H37F5N10O5. The molecule has 1 saturated carbocycles. The molecule has 2 atom stereocenters. The molecule has 0 aromatic carbocycles. The van der Waals surface area contributed by atoms with Crippen LogP contribution in [0.15, 0.2) is 17.0 Å². The second-order valence-electron chi connectivity index (χ2n) is 14.0. The number of amides is 4. The summed E-state index contributed by atoms with van der Waals surface area (Å²) in [7, 11) is 0. The summed E-state index contributed by atoms with van der Waals surface area (Å²) in [5, 5.41) is 16.5. The molecule has 0 radical (unpaired) electrons. The topological polar surface area (TPSA) is 173 Å². The number of rotatable bonds is 6. The van der Waals surface area contributed by atoms with Crippen LogP contribution in [-0.4, -0.2) is 101 Å². The highest BCUT2D eigenvalue weighted by Gasteiger charge is 2.55. The van der Waals surface area contributed by atoms with Crippen LogP contribution in [0.3, 0.4) is 0 Å². The zero-order valence-electron chi connectivity index (χ0n) is 27.8. The highest BCUT2D eigenvalue weighted by atomic mass is 19.4. The van der Waals surface area contributed by atoms with Crippen LogP contribution in [0.1, 0.15) is 92.9 Å². The van der Waals surface area contributed by atoms with Gasteiger partial charge in [-0.3, -0.25) is 4.79 Å². The fourth-order valence-corrected chi connectivity index (χ4v) is 6.79. The standard InChI is InChI=1S/C30H37F5N10O5/c1-16-21(42-50-41-16)23(46)40-22(17-5-7-29(31,32)8-6-17)18-14-45-24(37-18)38-19(13-36-45)28(44-15-20(30(33,34)35)39-25(44)47)9-11-43(12-10-28)26(48)49-27(2,3)4/h13-14,17,20,22H,5-12,15H2,1-4H3,(H,39,47)(H,40,46)/t20?,22-/m0/s1. The van der Waals surface area contributed by atoms with Crippen molar-refractivity contribution in [2.45, 2.75) is 102 Å². The molecule has 0 bridgehead atoms. The largest absolute Gasteiger partial charge is 0.444 e. The first kappa shape index (κ1) is 35.2. The minimum atomic E-state index is -4.71. The Kier molecular flexibility index (Phi) is 8.86. The van der Waals surface area contributed by atoms with Gasteiger partial charge >= 0.3 is 18.3 Å². The number of alkyl halides is 5. The lowest BCUT2D eigenvalue weighted by Gasteiger charge is -2.46. The van der Waals surface area contributed by atoms with Gasteiger partial charge in [0.15, 0.2) is 5.69 Å². The Balaban J connectivity index is 1.34. The number of aryl methyl sites for hydroxylation is 1. The monoisotopic (exact) mass is 712 g/mol. The minimum absolute atomic E-state index is 0.00176. The van der Waals surface area contributed by atoms with E-state index in [9.17, 15) is 36.3 Å². The van der Waals surface area contributed by atoms with E-state index in [2.05, 4.69) is 35.3 Å². The predicted molar refractivity (Wildman–Crippen MR) is 161 cm³/mol. The van der Waals surface area contributed by atoms with E-state index in [4.69, 9.17) is 4.74 Å². The third-order valence-electron chi connectivity index (χ3n) is 9.46. The third-order valence-corrected chi connectivity index (χ3v) is 9.46. The molecule has 2 aliphatic heterocycles. The Bertz CT molecular complexity index is 1750. The van der Waals surface area contributed by atoms with Crippen molar-refractivity contribution in [1.82, 2.24) is 50.3 Å². The first-order chi connectivity index (χ1) is 23.3. The molecule has 2 N–H and O–H groups in total. The summed E-state index contributed by atoms with van der Waals surface area (Å²) in [4.78, 5) is 50.9. The van der Waals surface area contributed by atoms with Gasteiger partial charge < -0.3 is 25.2 Å². The average Bonchev–Trinajstić information content (AvgIpc) is 3.77. The Hall–Kier alpha value is -4.65. The molecule has 15 nitrogen and oxygen atoms in total. The van der Waals surface area contributed by atoms with Gasteiger partial charge in [-0.25, -0.2) is 37.5 Å². The van der Waals surface area contributed by atoms with Gasteiger partial charge in [-0.2, -0.15) is 18.3 Å². The summed E-state index contributed by atoms with van der Waals surface area (Å²) in [5.74, 6) is -3.94. The number of carbonyl (C=O) groups is 3. The van der Waals surface area contributed by atoms with Gasteiger partial charge in [-0.15, -0.1) is 0 Å². The van der Waals surface area contributed by atoms with Crippen molar-refractivity contribution < 1.29 is 45.7 Å². The quantitative estimate of drug-likeness (QED) is 0.351. The molecule has 3 aromatic rings. The number of hydrogen-bond donors (Lipinski definition) is 2. The molecule has 2 saturated heterocycles. The molecule has 3 aliphatic rings. The maximum atomic E-state index is 14.1. The molecule has 20 heteroatoms. The molecule has 5 heterocycles. The first-order valence-electron chi connectivity index (χ1n) is 16.2. The van der Waals surface area contributed by atoms with E-state index in [0.717, 1.165) is 4.90 Å². The van der Waals surface area contributed by atoms with E-state index in [1.54, 1.807) is 20.8 Å². The van der Waals surface area contributed by atoms with E-state index in [0.29, 0.717) is 0 Å². The number of urea groups is 1. The Morgan fingerprint density at radius 3 is 2.34 bits per heavy atom. The number of imidazole rings is 1. The zero-order chi connectivity index (χ0) is 36.2. The number of piperidine rings is 1. The van der Waals surface area contributed by atoms with Crippen molar-refractivity contribution in [3.63, 3.8) is 0 Å². The number of aromatic nitrogens is 6. The molecular weight excluding hydrogens is 675 g/mol. The molecule has 272 valence electrons. The lowest BCUT2D eigenvalue weighted by Crippen LogP contribution is -2.56. The lowest BCUT2D eigenvalue weighted by molar-refractivity contribution is -0.151. The van der Waals surface area contributed by atoms with E-state index in [1.807, 2.05) is 5.32 Å². The van der Waals surface area contributed by atoms with Crippen molar-refractivity contribution >= 4 is 23.8 Å². The number of halogens is 5. The van der Waals surface area contributed by atoms with Crippen LogP contribution >= 0.6 is 0 Å². The van der Waals surface area contributed by atoms with E-state index in [-0.39, 0.29) is 80.2 Å². The van der Waals surface area contributed by atoms with Crippen LogP contribution in [0, 0.1) is 12.8 Å². The Labute approximate surface area is 282 Å². The van der Waals surface area contributed by atoms with Crippen LogP contribution < -0.4 is 10.6 Å². The second-order valence-corrected chi connectivity index (χ2v) is 14.0. The van der Waals surface area contributed by atoms with Crippen molar-refractivity contribution in [3.8, 4) is 0 Å². The first-order valence-corrected chi connectivity index (χ1v) is 16.2. The summed E-state index contributed by atoms with van der Waals surface area (Å²) in [6, 6.07) is -3.94. The molecule has 50 heavy (non-hydrogen) atoms. The summed E-state index contributed by atoms with van der Waals surface area (Å²) in [6.07, 6.45) is -3.08. The Morgan fingerprint density at radius 1 is 1.08 bits per heavy atom. The number of ether oxygens (including phenoxy) is 1. The molecule has 4 amide bonds. The number of carbonyl (C=O) groups excluding carboxylic acids is 3. The fourth-order valence-electron chi connectivity index (χ4n) is 6.79. The summed E-state index contributed by atoms with van der Waals surface area (Å²) in [6.45, 7) is 6.03. The van der Waals surface area contributed by atoms with E-state index >= 15 is 0 Å². The van der Waals surface area contributed by atoms with Crippen molar-refractivity contribution in [3.05, 3.63) is 35.2 Å². The van der Waals surface area contributed by atoms with Gasteiger partial charge in [-0.1, -0.05) is 5.16 Å². The van der Waals surface area contributed by atoms with Crippen LogP contribution in [0.5, 0.6) is 0 Å². The van der Waals surface area contributed by atoms with Crippen LogP contribution in [-0.2, 0) is 10.3 Å². The van der Waals surface area contributed by atoms with Crippen LogP contribution in [0.25, 0.3) is 5.78 Å². The van der Waals surface area contributed by atoms with Gasteiger partial charge in [0.2, 0.25) is 5.92 Å². The van der Waals surface area contributed by atoms with E-state index < -0.39 is 65.8 Å². The maximum Gasteiger partial charge on any atom is 0.410 e. The third kappa shape index (κ3) is 7.01. The van der Waals surface area contributed by atoms with Gasteiger partial charge in [0.05, 0.1) is 41.9 Å². The van der Waals surface area contributed by atoms with Gasteiger partial charge in [0.25, 0.3) is 11.7 Å². The molecule has 0 spiro atoms. The maximum absolute atomic E-state index is 14.1. The van der Waals surface area contributed by atoms with Crippen LogP contribution in [0.4, 0.5) is 31.5 Å². The number of nitrogens with one attached hydrogen (secondary N) is 2. The normalized spacial score (nSPS) is 22.0. The molecule has 3 aromatic heterocycles. The summed E-state index contributed by atoms with van der Waals surface area (Å²) < 4.78 is 81.0. The van der Waals surface area contributed by atoms with Gasteiger partial charge in [0, 0.05) is 25.9 Å². The van der Waals surface area contributed by atoms with Gasteiger partial charge in [-0.05, 0) is 64.5 Å². The lowest BCUT2D eigenvalue weighted by atomic mass is 9.81. The summed E-state index contributed by atoms with van der Waals surface area (Å²) in [5.41, 5.74) is -1.66. The number of nitrogens with zero attached hydrogens (tertiary/aromatic N) is 8. The second kappa shape index (κ2) is 12.6. The smallest absolute Gasteiger partial charge is 0.410 e. The molecule has 3 fully saturated rings. The van der Waals surface area contributed by atoms with Crippen LogP contribution in [0.2, 0.25) is 0 Å². The number of likely N-dealkylation sites (tertiary alicyclic amines) is 1. The fraction of sp³-hybridized carbons (Fsp3) is 0.667. The number of fused-ring (bicyclic) bond motifs is 1. The van der Waals surface area contributed by atoms with Crippen molar-refractivity contribution in [2.24, 2.45) is 5.92 Å². The highest BCUT2D eigenvalue weighted by Crippen LogP contribution is 2.43. The molecule has 6 rings (SSSR count). The molecule has 1 unspecified atom stereocenters. The minimum Gasteiger partial charge on any atom is -0.444 e. The number of hydrogen-bond acceptors (Lipinski definition) is 10. The molecule has 1 aliphatic carbocycles. The average molecular weight is 713 g/mol. The SMILES string of the molecule is Cc1nonc1C(=O)N[C@H](c1cn2ncc(C3(N4CC(C(F)(F)F)NC4=O)CCN(C(=O)OC(C)(C)C)CC3)nc2n1)C1CCC(F)(F)CC1. The van der Waals surface area contributed by atoms with E-state index in [1.165, 1.54) is 28.7 Å². The zero-order valence-corrected chi connectivity index (χ0v) is 27.8. The van der Waals surface area contributed by atoms with Crippen molar-refractivity contribution in [1.29, 1.82) is 0 Å². The highest BCUT2D eigenvalue weighted by molar-refractivity contribution is 5.93. The Morgan fingerprint density at radius 2 is 1.76 bits per heavy atom. The summed E-state index contributed by atoms with van der Waals surface area (Å²) >= 11 is 0. The van der Waals surface area contributed by atoms with Crippen molar-refractivity contribution in [2.75, 3.05) is 19.6 Å². The predicted octanol–water partition coefficient (Wildman–Crippen LogP) is 4.29. The van der Waals surface area contributed by atoms with Gasteiger partial charge in [0.1, 0.15) is 17.3 Å².